The minimum absolute atomic E-state index is 0.868. The fraction of sp³-hybridized carbons (Fsp3) is 0.647. The highest BCUT2D eigenvalue weighted by molar-refractivity contribution is 5.36. The first kappa shape index (κ1) is 14.4. The maximum Gasteiger partial charge on any atom is 0.123 e. The Morgan fingerprint density at radius 3 is 2.63 bits per heavy atom. The van der Waals surface area contributed by atoms with Crippen molar-refractivity contribution < 1.29 is 4.74 Å². The van der Waals surface area contributed by atoms with Gasteiger partial charge in [0.15, 0.2) is 0 Å². The molecule has 1 aromatic rings. The summed E-state index contributed by atoms with van der Waals surface area (Å²) >= 11 is 0. The Hall–Kier alpha value is -1.02. The zero-order chi connectivity index (χ0) is 13.7. The SMILES string of the molecule is COc1ccc(C)cc1CNCC1CCC(C)CC1. The predicted molar refractivity (Wildman–Crippen MR) is 80.6 cm³/mol. The Morgan fingerprint density at radius 1 is 1.21 bits per heavy atom. The standard InChI is InChI=1S/C17H27NO/c1-13-4-7-15(8-5-13)11-18-12-16-10-14(2)6-9-17(16)19-3/h6,9-10,13,15,18H,4-5,7-8,11-12H2,1-3H3. The molecule has 1 aromatic carbocycles. The van der Waals surface area contributed by atoms with Crippen molar-refractivity contribution in [3.63, 3.8) is 0 Å². The lowest BCUT2D eigenvalue weighted by Gasteiger charge is -2.26. The maximum absolute atomic E-state index is 5.42. The Bertz CT molecular complexity index is 394. The molecule has 106 valence electrons. The van der Waals surface area contributed by atoms with Crippen molar-refractivity contribution in [1.82, 2.24) is 5.32 Å². The molecule has 1 aliphatic rings. The molecule has 0 aromatic heterocycles. The van der Waals surface area contributed by atoms with Crippen molar-refractivity contribution in [2.24, 2.45) is 11.8 Å². The molecule has 0 bridgehead atoms. The molecule has 1 fully saturated rings. The zero-order valence-corrected chi connectivity index (χ0v) is 12.5. The molecule has 2 heteroatoms. The first-order chi connectivity index (χ1) is 9.19. The first-order valence-corrected chi connectivity index (χ1v) is 7.53. The summed E-state index contributed by atoms with van der Waals surface area (Å²) in [5.41, 5.74) is 2.57. The number of hydrogen-bond donors (Lipinski definition) is 1. The highest BCUT2D eigenvalue weighted by Crippen LogP contribution is 2.28. The number of nitrogens with one attached hydrogen (secondary N) is 1. The van der Waals surface area contributed by atoms with E-state index in [1.54, 1.807) is 7.11 Å². The molecule has 19 heavy (non-hydrogen) atoms. The normalized spacial score (nSPS) is 23.3. The number of methoxy groups -OCH3 is 1. The van der Waals surface area contributed by atoms with Crippen molar-refractivity contribution in [2.75, 3.05) is 13.7 Å². The summed E-state index contributed by atoms with van der Waals surface area (Å²) in [4.78, 5) is 0. The van der Waals surface area contributed by atoms with Gasteiger partial charge in [-0.1, -0.05) is 37.5 Å². The molecular weight excluding hydrogens is 234 g/mol. The second-order valence-electron chi connectivity index (χ2n) is 6.07. The van der Waals surface area contributed by atoms with E-state index < -0.39 is 0 Å². The van der Waals surface area contributed by atoms with Crippen LogP contribution in [0.4, 0.5) is 0 Å². The maximum atomic E-state index is 5.42. The number of rotatable bonds is 5. The molecule has 0 aliphatic heterocycles. The molecule has 0 saturated heterocycles. The fourth-order valence-corrected chi connectivity index (χ4v) is 2.99. The second kappa shape index (κ2) is 6.95. The van der Waals surface area contributed by atoms with Crippen molar-refractivity contribution in [1.29, 1.82) is 0 Å². The van der Waals surface area contributed by atoms with Crippen molar-refractivity contribution in [2.45, 2.75) is 46.1 Å². The van der Waals surface area contributed by atoms with E-state index in [4.69, 9.17) is 4.74 Å². The number of aryl methyl sites for hydroxylation is 1. The van der Waals surface area contributed by atoms with Crippen LogP contribution in [0.25, 0.3) is 0 Å². The Morgan fingerprint density at radius 2 is 1.95 bits per heavy atom. The zero-order valence-electron chi connectivity index (χ0n) is 12.5. The van der Waals surface area contributed by atoms with Crippen LogP contribution in [0, 0.1) is 18.8 Å². The molecule has 0 radical (unpaired) electrons. The van der Waals surface area contributed by atoms with E-state index in [9.17, 15) is 0 Å². The molecule has 0 unspecified atom stereocenters. The topological polar surface area (TPSA) is 21.3 Å². The average molecular weight is 261 g/mol. The quantitative estimate of drug-likeness (QED) is 0.867. The molecule has 1 N–H and O–H groups in total. The second-order valence-corrected chi connectivity index (χ2v) is 6.07. The van der Waals surface area contributed by atoms with E-state index in [2.05, 4.69) is 37.4 Å². The predicted octanol–water partition coefficient (Wildman–Crippen LogP) is 3.92. The van der Waals surface area contributed by atoms with E-state index in [0.717, 1.165) is 30.7 Å². The van der Waals surface area contributed by atoms with Gasteiger partial charge in [0.25, 0.3) is 0 Å². The molecular formula is C17H27NO. The molecule has 0 atom stereocenters. The lowest BCUT2D eigenvalue weighted by Crippen LogP contribution is -2.25. The van der Waals surface area contributed by atoms with E-state index in [0.29, 0.717) is 0 Å². The molecule has 0 amide bonds. The summed E-state index contributed by atoms with van der Waals surface area (Å²) in [5.74, 6) is 2.80. The summed E-state index contributed by atoms with van der Waals surface area (Å²) in [7, 11) is 1.75. The molecule has 2 nitrogen and oxygen atoms in total. The van der Waals surface area contributed by atoms with Gasteiger partial charge in [0, 0.05) is 12.1 Å². The minimum atomic E-state index is 0.868. The van der Waals surface area contributed by atoms with Crippen LogP contribution < -0.4 is 10.1 Å². The Kier molecular flexibility index (Phi) is 5.26. The molecule has 2 rings (SSSR count). The van der Waals surface area contributed by atoms with Gasteiger partial charge in [-0.15, -0.1) is 0 Å². The molecule has 0 spiro atoms. The van der Waals surface area contributed by atoms with Crippen LogP contribution in [0.2, 0.25) is 0 Å². The summed E-state index contributed by atoms with van der Waals surface area (Å²) < 4.78 is 5.42. The van der Waals surface area contributed by atoms with Gasteiger partial charge >= 0.3 is 0 Å². The van der Waals surface area contributed by atoms with Gasteiger partial charge < -0.3 is 10.1 Å². The van der Waals surface area contributed by atoms with Gasteiger partial charge in [-0.25, -0.2) is 0 Å². The third-order valence-electron chi connectivity index (χ3n) is 4.32. The fourth-order valence-electron chi connectivity index (χ4n) is 2.99. The third-order valence-corrected chi connectivity index (χ3v) is 4.32. The van der Waals surface area contributed by atoms with Gasteiger partial charge in [0.2, 0.25) is 0 Å². The first-order valence-electron chi connectivity index (χ1n) is 7.53. The number of benzene rings is 1. The van der Waals surface area contributed by atoms with Crippen LogP contribution in [0.5, 0.6) is 5.75 Å². The summed E-state index contributed by atoms with van der Waals surface area (Å²) in [6.07, 6.45) is 5.58. The van der Waals surface area contributed by atoms with Crippen LogP contribution in [0.1, 0.15) is 43.7 Å². The molecule has 1 saturated carbocycles. The van der Waals surface area contributed by atoms with E-state index in [-0.39, 0.29) is 0 Å². The summed E-state index contributed by atoms with van der Waals surface area (Å²) in [5, 5.41) is 3.61. The highest BCUT2D eigenvalue weighted by atomic mass is 16.5. The number of hydrogen-bond acceptors (Lipinski definition) is 2. The van der Waals surface area contributed by atoms with E-state index in [1.807, 2.05) is 0 Å². The average Bonchev–Trinajstić information content (AvgIpc) is 2.41. The van der Waals surface area contributed by atoms with Gasteiger partial charge in [-0.3, -0.25) is 0 Å². The van der Waals surface area contributed by atoms with Crippen molar-refractivity contribution in [3.05, 3.63) is 29.3 Å². The minimum Gasteiger partial charge on any atom is -0.496 e. The summed E-state index contributed by atoms with van der Waals surface area (Å²) in [6.45, 7) is 6.56. The van der Waals surface area contributed by atoms with Crippen molar-refractivity contribution in [3.8, 4) is 5.75 Å². The van der Waals surface area contributed by atoms with Crippen LogP contribution in [-0.4, -0.2) is 13.7 Å². The van der Waals surface area contributed by atoms with Crippen molar-refractivity contribution >= 4 is 0 Å². The van der Waals surface area contributed by atoms with Gasteiger partial charge in [-0.05, 0) is 44.2 Å². The smallest absolute Gasteiger partial charge is 0.123 e. The Balaban J connectivity index is 1.80. The van der Waals surface area contributed by atoms with E-state index in [1.165, 1.54) is 36.8 Å². The molecule has 0 heterocycles. The largest absolute Gasteiger partial charge is 0.496 e. The lowest BCUT2D eigenvalue weighted by molar-refractivity contribution is 0.281. The Labute approximate surface area is 117 Å². The van der Waals surface area contributed by atoms with Crippen LogP contribution in [0.15, 0.2) is 18.2 Å². The lowest BCUT2D eigenvalue weighted by atomic mass is 9.83. The van der Waals surface area contributed by atoms with Gasteiger partial charge in [-0.2, -0.15) is 0 Å². The third kappa shape index (κ3) is 4.24. The van der Waals surface area contributed by atoms with E-state index >= 15 is 0 Å². The van der Waals surface area contributed by atoms with Crippen LogP contribution >= 0.6 is 0 Å². The number of ether oxygens (including phenoxy) is 1. The van der Waals surface area contributed by atoms with Crippen LogP contribution in [-0.2, 0) is 6.54 Å². The van der Waals surface area contributed by atoms with Crippen LogP contribution in [0.3, 0.4) is 0 Å². The van der Waals surface area contributed by atoms with Gasteiger partial charge in [0.1, 0.15) is 5.75 Å². The van der Waals surface area contributed by atoms with Gasteiger partial charge in [0.05, 0.1) is 7.11 Å². The highest BCUT2D eigenvalue weighted by Gasteiger charge is 2.17. The summed E-state index contributed by atoms with van der Waals surface area (Å²) in [6, 6.07) is 6.38. The monoisotopic (exact) mass is 261 g/mol. The molecule has 1 aliphatic carbocycles.